The van der Waals surface area contributed by atoms with Crippen molar-refractivity contribution < 1.29 is 4.74 Å². The Bertz CT molecular complexity index is 432. The molecule has 1 fully saturated rings. The molecule has 0 radical (unpaired) electrons. The molecule has 3 nitrogen and oxygen atoms in total. The van der Waals surface area contributed by atoms with Crippen molar-refractivity contribution in [1.82, 2.24) is 5.32 Å². The van der Waals surface area contributed by atoms with E-state index in [0.717, 1.165) is 18.8 Å². The van der Waals surface area contributed by atoms with Crippen LogP contribution in [0.25, 0.3) is 0 Å². The minimum absolute atomic E-state index is 0.276. The number of benzene rings is 1. The van der Waals surface area contributed by atoms with Crippen molar-refractivity contribution in [3.05, 3.63) is 29.8 Å². The summed E-state index contributed by atoms with van der Waals surface area (Å²) in [5.74, 6) is 0.926. The summed E-state index contributed by atoms with van der Waals surface area (Å²) in [4.78, 5) is 0. The third-order valence-electron chi connectivity index (χ3n) is 3.45. The van der Waals surface area contributed by atoms with Gasteiger partial charge in [-0.1, -0.05) is 12.1 Å². The SMILES string of the molecule is Cc1cccc(OCCNCC2(CC#N)CC2)c1. The number of nitriles is 1. The molecule has 3 heteroatoms. The smallest absolute Gasteiger partial charge is 0.119 e. The van der Waals surface area contributed by atoms with Gasteiger partial charge in [-0.3, -0.25) is 0 Å². The second kappa shape index (κ2) is 5.88. The molecule has 0 amide bonds. The third kappa shape index (κ3) is 3.75. The second-order valence-corrected chi connectivity index (χ2v) is 5.18. The standard InChI is InChI=1S/C15H20N2O/c1-13-3-2-4-14(11-13)18-10-9-17-12-15(5-6-15)7-8-16/h2-4,11,17H,5-7,9-10,12H2,1H3. The minimum Gasteiger partial charge on any atom is -0.492 e. The van der Waals surface area contributed by atoms with Gasteiger partial charge in [0.15, 0.2) is 0 Å². The van der Waals surface area contributed by atoms with Crippen LogP contribution in [0.15, 0.2) is 24.3 Å². The molecule has 1 aromatic carbocycles. The van der Waals surface area contributed by atoms with Crippen molar-refractivity contribution >= 4 is 0 Å². The number of hydrogen-bond acceptors (Lipinski definition) is 3. The highest BCUT2D eigenvalue weighted by Crippen LogP contribution is 2.47. The van der Waals surface area contributed by atoms with Gasteiger partial charge in [0.05, 0.1) is 6.07 Å². The van der Waals surface area contributed by atoms with Crippen LogP contribution in [0.4, 0.5) is 0 Å². The fourth-order valence-electron chi connectivity index (χ4n) is 2.06. The van der Waals surface area contributed by atoms with E-state index in [9.17, 15) is 0 Å². The highest BCUT2D eigenvalue weighted by Gasteiger charge is 2.41. The Balaban J connectivity index is 1.61. The van der Waals surface area contributed by atoms with Gasteiger partial charge >= 0.3 is 0 Å². The fourth-order valence-corrected chi connectivity index (χ4v) is 2.06. The van der Waals surface area contributed by atoms with E-state index in [0.29, 0.717) is 13.0 Å². The van der Waals surface area contributed by atoms with Gasteiger partial charge in [-0.15, -0.1) is 0 Å². The largest absolute Gasteiger partial charge is 0.492 e. The van der Waals surface area contributed by atoms with Gasteiger partial charge in [0.25, 0.3) is 0 Å². The average Bonchev–Trinajstić information content (AvgIpc) is 3.09. The van der Waals surface area contributed by atoms with Crippen molar-refractivity contribution in [2.24, 2.45) is 5.41 Å². The van der Waals surface area contributed by atoms with Gasteiger partial charge in [0.2, 0.25) is 0 Å². The highest BCUT2D eigenvalue weighted by atomic mass is 16.5. The first-order valence-electron chi connectivity index (χ1n) is 6.51. The van der Waals surface area contributed by atoms with E-state index in [-0.39, 0.29) is 5.41 Å². The molecule has 0 aliphatic heterocycles. The Labute approximate surface area is 109 Å². The van der Waals surface area contributed by atoms with Crippen LogP contribution in [-0.4, -0.2) is 19.7 Å². The van der Waals surface area contributed by atoms with Crippen LogP contribution in [0, 0.1) is 23.7 Å². The summed E-state index contributed by atoms with van der Waals surface area (Å²) < 4.78 is 5.65. The molecule has 2 rings (SSSR count). The molecule has 96 valence electrons. The Morgan fingerprint density at radius 1 is 1.44 bits per heavy atom. The van der Waals surface area contributed by atoms with E-state index >= 15 is 0 Å². The molecular weight excluding hydrogens is 224 g/mol. The lowest BCUT2D eigenvalue weighted by Crippen LogP contribution is -2.27. The second-order valence-electron chi connectivity index (χ2n) is 5.18. The van der Waals surface area contributed by atoms with Crippen molar-refractivity contribution in [3.63, 3.8) is 0 Å². The first kappa shape index (κ1) is 12.9. The van der Waals surface area contributed by atoms with E-state index in [1.165, 1.54) is 18.4 Å². The Hall–Kier alpha value is -1.53. The van der Waals surface area contributed by atoms with Gasteiger partial charge in [-0.25, -0.2) is 0 Å². The highest BCUT2D eigenvalue weighted by molar-refractivity contribution is 5.27. The Morgan fingerprint density at radius 3 is 2.94 bits per heavy atom. The van der Waals surface area contributed by atoms with Gasteiger partial charge in [0.1, 0.15) is 12.4 Å². The number of hydrogen-bond donors (Lipinski definition) is 1. The summed E-state index contributed by atoms with van der Waals surface area (Å²) >= 11 is 0. The van der Waals surface area contributed by atoms with Crippen molar-refractivity contribution in [2.75, 3.05) is 19.7 Å². The molecular formula is C15H20N2O. The molecule has 0 unspecified atom stereocenters. The zero-order chi connectivity index (χ0) is 12.8. The van der Waals surface area contributed by atoms with E-state index in [4.69, 9.17) is 10.00 Å². The molecule has 0 bridgehead atoms. The lowest BCUT2D eigenvalue weighted by Gasteiger charge is -2.12. The zero-order valence-electron chi connectivity index (χ0n) is 10.9. The summed E-state index contributed by atoms with van der Waals surface area (Å²) in [6.07, 6.45) is 3.05. The first-order chi connectivity index (χ1) is 8.74. The van der Waals surface area contributed by atoms with Crippen LogP contribution >= 0.6 is 0 Å². The third-order valence-corrected chi connectivity index (χ3v) is 3.45. The van der Waals surface area contributed by atoms with Crippen LogP contribution in [0.1, 0.15) is 24.8 Å². The van der Waals surface area contributed by atoms with Gasteiger partial charge < -0.3 is 10.1 Å². The average molecular weight is 244 g/mol. The van der Waals surface area contributed by atoms with Crippen molar-refractivity contribution in [2.45, 2.75) is 26.2 Å². The molecule has 0 saturated heterocycles. The predicted octanol–water partition coefficient (Wildman–Crippen LogP) is 2.66. The number of nitrogens with one attached hydrogen (secondary N) is 1. The molecule has 1 saturated carbocycles. The number of ether oxygens (including phenoxy) is 1. The summed E-state index contributed by atoms with van der Waals surface area (Å²) in [6, 6.07) is 10.4. The number of aryl methyl sites for hydroxylation is 1. The topological polar surface area (TPSA) is 45.0 Å². The van der Waals surface area contributed by atoms with Crippen LogP contribution in [0.5, 0.6) is 5.75 Å². The van der Waals surface area contributed by atoms with E-state index in [2.05, 4.69) is 24.4 Å². The van der Waals surface area contributed by atoms with Crippen LogP contribution < -0.4 is 10.1 Å². The summed E-state index contributed by atoms with van der Waals surface area (Å²) in [5.41, 5.74) is 1.49. The van der Waals surface area contributed by atoms with Gasteiger partial charge in [-0.05, 0) is 42.9 Å². The lowest BCUT2D eigenvalue weighted by atomic mass is 10.0. The van der Waals surface area contributed by atoms with Gasteiger partial charge in [0, 0.05) is 19.5 Å². The fraction of sp³-hybridized carbons (Fsp3) is 0.533. The monoisotopic (exact) mass is 244 g/mol. The molecule has 1 aliphatic carbocycles. The predicted molar refractivity (Wildman–Crippen MR) is 71.4 cm³/mol. The van der Waals surface area contributed by atoms with Crippen LogP contribution in [-0.2, 0) is 0 Å². The van der Waals surface area contributed by atoms with Crippen molar-refractivity contribution in [3.8, 4) is 11.8 Å². The normalized spacial score (nSPS) is 16.0. The lowest BCUT2D eigenvalue weighted by molar-refractivity contribution is 0.306. The maximum atomic E-state index is 8.72. The summed E-state index contributed by atoms with van der Waals surface area (Å²) in [5, 5.41) is 12.1. The quantitative estimate of drug-likeness (QED) is 0.750. The maximum absolute atomic E-state index is 8.72. The van der Waals surface area contributed by atoms with E-state index in [1.807, 2.05) is 18.2 Å². The molecule has 1 N–H and O–H groups in total. The Morgan fingerprint density at radius 2 is 2.28 bits per heavy atom. The van der Waals surface area contributed by atoms with E-state index < -0.39 is 0 Å². The number of nitrogens with zero attached hydrogens (tertiary/aromatic N) is 1. The van der Waals surface area contributed by atoms with Crippen LogP contribution in [0.2, 0.25) is 0 Å². The maximum Gasteiger partial charge on any atom is 0.119 e. The molecule has 18 heavy (non-hydrogen) atoms. The van der Waals surface area contributed by atoms with Crippen molar-refractivity contribution in [1.29, 1.82) is 5.26 Å². The van der Waals surface area contributed by atoms with Crippen LogP contribution in [0.3, 0.4) is 0 Å². The molecule has 1 aliphatic rings. The minimum atomic E-state index is 0.276. The molecule has 0 atom stereocenters. The molecule has 1 aromatic rings. The van der Waals surface area contributed by atoms with E-state index in [1.54, 1.807) is 0 Å². The summed E-state index contributed by atoms with van der Waals surface area (Å²) in [6.45, 7) is 4.51. The summed E-state index contributed by atoms with van der Waals surface area (Å²) in [7, 11) is 0. The zero-order valence-corrected chi connectivity index (χ0v) is 10.9. The molecule has 0 heterocycles. The first-order valence-corrected chi connectivity index (χ1v) is 6.51. The number of rotatable bonds is 7. The Kier molecular flexibility index (Phi) is 4.22. The molecule has 0 aromatic heterocycles. The molecule has 0 spiro atoms. The van der Waals surface area contributed by atoms with Gasteiger partial charge in [-0.2, -0.15) is 5.26 Å².